The molecule has 0 aliphatic carbocycles. The van der Waals surface area contributed by atoms with Crippen LogP contribution in [0, 0.1) is 13.1 Å². The van der Waals surface area contributed by atoms with Crippen molar-refractivity contribution < 1.29 is 19.4 Å². The van der Waals surface area contributed by atoms with Crippen molar-refractivity contribution in [2.75, 3.05) is 20.2 Å². The number of carbonyl (C=O) groups is 2. The number of hydrogen-bond acceptors (Lipinski definition) is 4. The Morgan fingerprint density at radius 1 is 1.40 bits per heavy atom. The summed E-state index contributed by atoms with van der Waals surface area (Å²) in [5.74, 6) is -0.808. The van der Waals surface area contributed by atoms with Crippen molar-refractivity contribution in [3.8, 4) is 5.75 Å². The molecule has 1 amide bonds. The minimum absolute atomic E-state index is 0.00228. The third kappa shape index (κ3) is 3.18. The minimum atomic E-state index is -0.290. The highest BCUT2D eigenvalue weighted by Gasteiger charge is 2.33. The van der Waals surface area contributed by atoms with Gasteiger partial charge in [-0.3, -0.25) is 9.59 Å². The molecule has 0 bridgehead atoms. The summed E-state index contributed by atoms with van der Waals surface area (Å²) < 4.78 is 6.23. The highest BCUT2D eigenvalue weighted by molar-refractivity contribution is 14.1. The first-order valence-corrected chi connectivity index (χ1v) is 8.15. The van der Waals surface area contributed by atoms with Crippen molar-refractivity contribution in [3.05, 3.63) is 24.8 Å². The molecule has 108 valence electrons. The topological polar surface area (TPSA) is 66.8 Å². The fourth-order valence-corrected chi connectivity index (χ4v) is 4.05. The predicted octanol–water partition coefficient (Wildman–Crippen LogP) is 2.24. The lowest BCUT2D eigenvalue weighted by Crippen LogP contribution is -2.30. The van der Waals surface area contributed by atoms with E-state index in [4.69, 9.17) is 4.74 Å². The summed E-state index contributed by atoms with van der Waals surface area (Å²) in [6, 6.07) is 3.46. The van der Waals surface area contributed by atoms with Gasteiger partial charge in [0.15, 0.2) is 0 Å². The van der Waals surface area contributed by atoms with E-state index in [-0.39, 0.29) is 29.1 Å². The third-order valence-corrected chi connectivity index (χ3v) is 4.71. The van der Waals surface area contributed by atoms with E-state index < -0.39 is 0 Å². The van der Waals surface area contributed by atoms with Gasteiger partial charge in [-0.25, -0.2) is 0 Å². The molecule has 1 aliphatic heterocycles. The number of ether oxygens (including phenoxy) is 1. The Morgan fingerprint density at radius 2 is 2.10 bits per heavy atom. The number of benzene rings is 1. The molecule has 1 fully saturated rings. The standard InChI is InChI=1S/C13H13I2NO4/c1-20-13(19)7-2-3-16(6-7)12(18)9-4-8(14)5-10(15)11(9)17/h4-5,7,17H,2-3,6H2,1H3. The summed E-state index contributed by atoms with van der Waals surface area (Å²) >= 11 is 4.10. The minimum Gasteiger partial charge on any atom is -0.506 e. The zero-order valence-electron chi connectivity index (χ0n) is 10.7. The van der Waals surface area contributed by atoms with E-state index in [1.54, 1.807) is 17.0 Å². The van der Waals surface area contributed by atoms with E-state index in [1.807, 2.05) is 22.6 Å². The number of likely N-dealkylation sites (tertiary alicyclic amines) is 1. The van der Waals surface area contributed by atoms with Crippen molar-refractivity contribution in [2.45, 2.75) is 6.42 Å². The second-order valence-electron chi connectivity index (χ2n) is 4.54. The van der Waals surface area contributed by atoms with Gasteiger partial charge in [-0.15, -0.1) is 0 Å². The van der Waals surface area contributed by atoms with Crippen molar-refractivity contribution in [1.82, 2.24) is 4.90 Å². The second-order valence-corrected chi connectivity index (χ2v) is 6.95. The van der Waals surface area contributed by atoms with E-state index in [2.05, 4.69) is 22.6 Å². The third-order valence-electron chi connectivity index (χ3n) is 3.27. The van der Waals surface area contributed by atoms with E-state index in [0.29, 0.717) is 23.1 Å². The maximum atomic E-state index is 12.4. The lowest BCUT2D eigenvalue weighted by atomic mass is 10.1. The number of esters is 1. The summed E-state index contributed by atoms with van der Waals surface area (Å²) in [7, 11) is 1.35. The second kappa shape index (κ2) is 6.46. The molecular weight excluding hydrogens is 488 g/mol. The first-order chi connectivity index (χ1) is 9.43. The molecule has 0 radical (unpaired) electrons. The molecule has 1 heterocycles. The van der Waals surface area contributed by atoms with Crippen LogP contribution in [-0.4, -0.2) is 42.1 Å². The summed E-state index contributed by atoms with van der Waals surface area (Å²) in [6.07, 6.45) is 0.597. The smallest absolute Gasteiger partial charge is 0.310 e. The first-order valence-electron chi connectivity index (χ1n) is 5.99. The van der Waals surface area contributed by atoms with Gasteiger partial charge in [0.2, 0.25) is 0 Å². The number of amides is 1. The van der Waals surface area contributed by atoms with Crippen molar-refractivity contribution in [3.63, 3.8) is 0 Å². The maximum absolute atomic E-state index is 12.4. The molecule has 1 N–H and O–H groups in total. The summed E-state index contributed by atoms with van der Waals surface area (Å²) in [6.45, 7) is 0.840. The van der Waals surface area contributed by atoms with Crippen LogP contribution < -0.4 is 0 Å². The SMILES string of the molecule is COC(=O)C1CCN(C(=O)c2cc(I)cc(I)c2O)C1. The molecule has 7 heteroatoms. The normalized spacial score (nSPS) is 18.1. The molecule has 1 unspecified atom stereocenters. The number of aromatic hydroxyl groups is 1. The molecule has 1 aromatic carbocycles. The van der Waals surface area contributed by atoms with Gasteiger partial charge in [0.1, 0.15) is 5.75 Å². The Bertz CT molecular complexity index is 562. The number of carbonyl (C=O) groups excluding carboxylic acids is 2. The van der Waals surface area contributed by atoms with Gasteiger partial charge in [0.25, 0.3) is 5.91 Å². The van der Waals surface area contributed by atoms with Gasteiger partial charge in [-0.1, -0.05) is 0 Å². The summed E-state index contributed by atoms with van der Waals surface area (Å²) in [5.41, 5.74) is 0.284. The van der Waals surface area contributed by atoms with Crippen LogP contribution >= 0.6 is 45.2 Å². The van der Waals surface area contributed by atoms with Crippen LogP contribution in [-0.2, 0) is 9.53 Å². The highest BCUT2D eigenvalue weighted by atomic mass is 127. The van der Waals surface area contributed by atoms with Gasteiger partial charge in [0, 0.05) is 16.7 Å². The van der Waals surface area contributed by atoms with Crippen LogP contribution in [0.4, 0.5) is 0 Å². The molecule has 1 saturated heterocycles. The van der Waals surface area contributed by atoms with Gasteiger partial charge in [-0.2, -0.15) is 0 Å². The average molecular weight is 501 g/mol. The predicted molar refractivity (Wildman–Crippen MR) is 89.6 cm³/mol. The van der Waals surface area contributed by atoms with Crippen LogP contribution in [0.5, 0.6) is 5.75 Å². The quantitative estimate of drug-likeness (QED) is 0.499. The monoisotopic (exact) mass is 501 g/mol. The van der Waals surface area contributed by atoms with E-state index >= 15 is 0 Å². The number of methoxy groups -OCH3 is 1. The number of rotatable bonds is 2. The van der Waals surface area contributed by atoms with Gasteiger partial charge >= 0.3 is 5.97 Å². The number of nitrogens with zero attached hydrogens (tertiary/aromatic N) is 1. The van der Waals surface area contributed by atoms with Crippen molar-refractivity contribution in [1.29, 1.82) is 0 Å². The van der Waals surface area contributed by atoms with E-state index in [9.17, 15) is 14.7 Å². The zero-order chi connectivity index (χ0) is 14.9. The fourth-order valence-electron chi connectivity index (χ4n) is 2.20. The fraction of sp³-hybridized carbons (Fsp3) is 0.385. The molecule has 1 atom stereocenters. The highest BCUT2D eigenvalue weighted by Crippen LogP contribution is 2.29. The molecule has 0 spiro atoms. The van der Waals surface area contributed by atoms with Crippen LogP contribution in [0.2, 0.25) is 0 Å². The first kappa shape index (κ1) is 15.8. The summed E-state index contributed by atoms with van der Waals surface area (Å²) in [4.78, 5) is 25.5. The van der Waals surface area contributed by atoms with E-state index in [0.717, 1.165) is 3.57 Å². The number of halogens is 2. The Morgan fingerprint density at radius 3 is 2.75 bits per heavy atom. The van der Waals surface area contributed by atoms with Crippen LogP contribution in [0.15, 0.2) is 12.1 Å². The van der Waals surface area contributed by atoms with Crippen molar-refractivity contribution >= 4 is 57.1 Å². The zero-order valence-corrected chi connectivity index (χ0v) is 15.0. The number of hydrogen-bond donors (Lipinski definition) is 1. The van der Waals surface area contributed by atoms with Gasteiger partial charge in [0.05, 0.1) is 22.2 Å². The van der Waals surface area contributed by atoms with Gasteiger partial charge in [-0.05, 0) is 63.7 Å². The maximum Gasteiger partial charge on any atom is 0.310 e. The van der Waals surface area contributed by atoms with Crippen LogP contribution in [0.25, 0.3) is 0 Å². The molecule has 0 saturated carbocycles. The average Bonchev–Trinajstić information content (AvgIpc) is 2.90. The van der Waals surface area contributed by atoms with E-state index in [1.165, 1.54) is 7.11 Å². The Kier molecular flexibility index (Phi) is 5.10. The summed E-state index contributed by atoms with van der Waals surface area (Å²) in [5, 5.41) is 10.0. The number of phenolic OH excluding ortho intramolecular Hbond substituents is 1. The molecule has 1 aliphatic rings. The largest absolute Gasteiger partial charge is 0.506 e. The molecule has 2 rings (SSSR count). The van der Waals surface area contributed by atoms with Crippen LogP contribution in [0.3, 0.4) is 0 Å². The Balaban J connectivity index is 2.19. The molecule has 0 aromatic heterocycles. The molecule has 20 heavy (non-hydrogen) atoms. The molecule has 5 nitrogen and oxygen atoms in total. The lowest BCUT2D eigenvalue weighted by Gasteiger charge is -2.17. The van der Waals surface area contributed by atoms with Gasteiger partial charge < -0.3 is 14.7 Å². The van der Waals surface area contributed by atoms with Crippen LogP contribution in [0.1, 0.15) is 16.8 Å². The Hall–Kier alpha value is -0.580. The lowest BCUT2D eigenvalue weighted by molar-refractivity contribution is -0.144. The Labute approximate surface area is 143 Å². The molecular formula is C13H13I2NO4. The molecule has 1 aromatic rings. The number of phenols is 1. The van der Waals surface area contributed by atoms with Crippen molar-refractivity contribution in [2.24, 2.45) is 5.92 Å².